The molecule has 0 unspecified atom stereocenters. The molecule has 0 spiro atoms. The minimum Gasteiger partial charge on any atom is -0.494 e. The van der Waals surface area contributed by atoms with Gasteiger partial charge >= 0.3 is 0 Å². The third-order valence-corrected chi connectivity index (χ3v) is 3.71. The topological polar surface area (TPSA) is 21.3 Å². The second-order valence-electron chi connectivity index (χ2n) is 3.81. The maximum absolute atomic E-state index is 5.28. The Bertz CT molecular complexity index is 506. The molecule has 2 aromatic rings. The molecular formula is C14H13Br2NO. The number of anilines is 1. The molecule has 2 aromatic carbocycles. The molecule has 2 rings (SSSR count). The first kappa shape index (κ1) is 13.4. The van der Waals surface area contributed by atoms with Gasteiger partial charge in [-0.1, -0.05) is 18.2 Å². The van der Waals surface area contributed by atoms with Crippen LogP contribution >= 0.6 is 31.9 Å². The van der Waals surface area contributed by atoms with Crippen LogP contribution < -0.4 is 10.1 Å². The maximum atomic E-state index is 5.28. The third kappa shape index (κ3) is 3.27. The first-order valence-corrected chi connectivity index (χ1v) is 7.10. The van der Waals surface area contributed by atoms with E-state index in [4.69, 9.17) is 4.74 Å². The molecule has 0 aromatic heterocycles. The summed E-state index contributed by atoms with van der Waals surface area (Å²) in [7, 11) is 1.66. The number of rotatable bonds is 4. The van der Waals surface area contributed by atoms with Crippen molar-refractivity contribution in [1.29, 1.82) is 0 Å². The van der Waals surface area contributed by atoms with Crippen molar-refractivity contribution in [3.05, 3.63) is 57.0 Å². The molecule has 0 bridgehead atoms. The van der Waals surface area contributed by atoms with E-state index in [-0.39, 0.29) is 0 Å². The van der Waals surface area contributed by atoms with E-state index in [0.717, 1.165) is 26.9 Å². The van der Waals surface area contributed by atoms with Crippen molar-refractivity contribution in [2.24, 2.45) is 0 Å². The molecule has 0 saturated heterocycles. The summed E-state index contributed by atoms with van der Waals surface area (Å²) in [6, 6.07) is 14.2. The van der Waals surface area contributed by atoms with E-state index in [1.165, 1.54) is 5.56 Å². The predicted octanol–water partition coefficient (Wildman–Crippen LogP) is 4.83. The van der Waals surface area contributed by atoms with Crippen LogP contribution in [-0.4, -0.2) is 7.11 Å². The summed E-state index contributed by atoms with van der Waals surface area (Å²) in [6.07, 6.45) is 0. The van der Waals surface area contributed by atoms with Crippen molar-refractivity contribution in [3.8, 4) is 5.75 Å². The summed E-state index contributed by atoms with van der Waals surface area (Å²) in [6.45, 7) is 0.769. The smallest absolute Gasteiger partial charge is 0.147 e. The number of hydrogen-bond donors (Lipinski definition) is 1. The zero-order chi connectivity index (χ0) is 13.0. The molecule has 18 heavy (non-hydrogen) atoms. The molecule has 0 saturated carbocycles. The second kappa shape index (κ2) is 6.25. The number of ether oxygens (including phenoxy) is 1. The van der Waals surface area contributed by atoms with Crippen LogP contribution in [0.15, 0.2) is 51.4 Å². The van der Waals surface area contributed by atoms with Gasteiger partial charge in [0.2, 0.25) is 0 Å². The molecule has 4 heteroatoms. The van der Waals surface area contributed by atoms with Crippen molar-refractivity contribution < 1.29 is 4.74 Å². The number of nitrogens with one attached hydrogen (secondary N) is 1. The van der Waals surface area contributed by atoms with Gasteiger partial charge in [0.15, 0.2) is 0 Å². The fourth-order valence-electron chi connectivity index (χ4n) is 1.67. The highest BCUT2D eigenvalue weighted by Gasteiger charge is 2.07. The van der Waals surface area contributed by atoms with E-state index < -0.39 is 0 Å². The van der Waals surface area contributed by atoms with Gasteiger partial charge in [0.1, 0.15) is 5.75 Å². The van der Waals surface area contributed by atoms with Crippen LogP contribution in [0.1, 0.15) is 5.56 Å². The molecule has 0 heterocycles. The average Bonchev–Trinajstić information content (AvgIpc) is 2.37. The lowest BCUT2D eigenvalue weighted by Gasteiger charge is -2.10. The van der Waals surface area contributed by atoms with E-state index in [9.17, 15) is 0 Å². The van der Waals surface area contributed by atoms with E-state index in [0.29, 0.717) is 0 Å². The molecule has 0 fully saturated rings. The Balaban J connectivity index is 2.11. The standard InChI is InChI=1S/C14H13Br2NO/c1-18-14-12(15)7-10(8-13(14)16)9-17-11-5-3-2-4-6-11/h2-8,17H,9H2,1H3. The quantitative estimate of drug-likeness (QED) is 0.831. The van der Waals surface area contributed by atoms with Gasteiger partial charge in [0.25, 0.3) is 0 Å². The first-order valence-electron chi connectivity index (χ1n) is 5.51. The number of para-hydroxylation sites is 1. The van der Waals surface area contributed by atoms with Crippen molar-refractivity contribution in [2.75, 3.05) is 12.4 Å². The van der Waals surface area contributed by atoms with E-state index >= 15 is 0 Å². The number of hydrogen-bond acceptors (Lipinski definition) is 2. The van der Waals surface area contributed by atoms with Gasteiger partial charge in [-0.15, -0.1) is 0 Å². The Morgan fingerprint density at radius 1 is 1.06 bits per heavy atom. The minimum atomic E-state index is 0.769. The Labute approximate surface area is 124 Å². The summed E-state index contributed by atoms with van der Waals surface area (Å²) in [5.74, 6) is 0.818. The van der Waals surface area contributed by atoms with E-state index in [1.54, 1.807) is 7.11 Å². The second-order valence-corrected chi connectivity index (χ2v) is 5.52. The van der Waals surface area contributed by atoms with Gasteiger partial charge in [0.05, 0.1) is 16.1 Å². The third-order valence-electron chi connectivity index (χ3n) is 2.53. The largest absolute Gasteiger partial charge is 0.494 e. The summed E-state index contributed by atoms with van der Waals surface area (Å²) in [5, 5.41) is 3.37. The van der Waals surface area contributed by atoms with Crippen LogP contribution in [0.2, 0.25) is 0 Å². The number of halogens is 2. The zero-order valence-electron chi connectivity index (χ0n) is 9.91. The molecule has 0 aliphatic carbocycles. The summed E-state index contributed by atoms with van der Waals surface area (Å²) >= 11 is 7.00. The fraction of sp³-hybridized carbons (Fsp3) is 0.143. The van der Waals surface area contributed by atoms with Crippen LogP contribution in [0, 0.1) is 0 Å². The minimum absolute atomic E-state index is 0.769. The normalized spacial score (nSPS) is 10.2. The van der Waals surface area contributed by atoms with Crippen LogP contribution in [0.5, 0.6) is 5.75 Å². The van der Waals surface area contributed by atoms with Crippen molar-refractivity contribution in [2.45, 2.75) is 6.54 Å². The van der Waals surface area contributed by atoms with Crippen molar-refractivity contribution in [1.82, 2.24) is 0 Å². The SMILES string of the molecule is COc1c(Br)cc(CNc2ccccc2)cc1Br. The molecule has 0 amide bonds. The first-order chi connectivity index (χ1) is 8.70. The maximum Gasteiger partial charge on any atom is 0.147 e. The van der Waals surface area contributed by atoms with Crippen LogP contribution in [0.3, 0.4) is 0 Å². The average molecular weight is 371 g/mol. The van der Waals surface area contributed by atoms with Crippen molar-refractivity contribution >= 4 is 37.5 Å². The highest BCUT2D eigenvalue weighted by atomic mass is 79.9. The molecule has 2 nitrogen and oxygen atoms in total. The van der Waals surface area contributed by atoms with Gasteiger partial charge in [-0.2, -0.15) is 0 Å². The summed E-state index contributed by atoms with van der Waals surface area (Å²) in [4.78, 5) is 0. The van der Waals surface area contributed by atoms with Crippen LogP contribution in [0.4, 0.5) is 5.69 Å². The van der Waals surface area contributed by atoms with Crippen molar-refractivity contribution in [3.63, 3.8) is 0 Å². The van der Waals surface area contributed by atoms with Gasteiger partial charge in [-0.05, 0) is 61.7 Å². The lowest BCUT2D eigenvalue weighted by Crippen LogP contribution is -2.00. The molecule has 0 radical (unpaired) electrons. The van der Waals surface area contributed by atoms with Crippen LogP contribution in [-0.2, 0) is 6.54 Å². The Hall–Kier alpha value is -1.00. The van der Waals surface area contributed by atoms with Gasteiger partial charge < -0.3 is 10.1 Å². The van der Waals surface area contributed by atoms with E-state index in [2.05, 4.69) is 49.3 Å². The molecule has 94 valence electrons. The lowest BCUT2D eigenvalue weighted by molar-refractivity contribution is 0.409. The summed E-state index contributed by atoms with van der Waals surface area (Å²) < 4.78 is 7.18. The van der Waals surface area contributed by atoms with Crippen LogP contribution in [0.25, 0.3) is 0 Å². The fourth-order valence-corrected chi connectivity index (χ4v) is 3.27. The summed E-state index contributed by atoms with van der Waals surface area (Å²) in [5.41, 5.74) is 2.29. The lowest BCUT2D eigenvalue weighted by atomic mass is 10.2. The molecule has 0 atom stereocenters. The van der Waals surface area contributed by atoms with Gasteiger partial charge in [-0.25, -0.2) is 0 Å². The van der Waals surface area contributed by atoms with Gasteiger partial charge in [-0.3, -0.25) is 0 Å². The number of benzene rings is 2. The monoisotopic (exact) mass is 369 g/mol. The predicted molar refractivity (Wildman–Crippen MR) is 82.2 cm³/mol. The zero-order valence-corrected chi connectivity index (χ0v) is 13.1. The molecule has 1 N–H and O–H groups in total. The Kier molecular flexibility index (Phi) is 4.66. The highest BCUT2D eigenvalue weighted by molar-refractivity contribution is 9.11. The van der Waals surface area contributed by atoms with E-state index in [1.807, 2.05) is 30.3 Å². The van der Waals surface area contributed by atoms with Gasteiger partial charge in [0, 0.05) is 12.2 Å². The molecular weight excluding hydrogens is 358 g/mol. The Morgan fingerprint density at radius 3 is 2.22 bits per heavy atom. The molecule has 0 aliphatic rings. The highest BCUT2D eigenvalue weighted by Crippen LogP contribution is 2.34. The molecule has 0 aliphatic heterocycles. The number of methoxy groups -OCH3 is 1. The Morgan fingerprint density at radius 2 is 1.67 bits per heavy atom.